The second-order valence-electron chi connectivity index (χ2n) is 5.50. The van der Waals surface area contributed by atoms with Gasteiger partial charge >= 0.3 is 0 Å². The van der Waals surface area contributed by atoms with Gasteiger partial charge in [-0.25, -0.2) is 9.97 Å². The molecule has 0 aliphatic heterocycles. The number of nitrogens with one attached hydrogen (secondary N) is 2. The SMILES string of the molecule is CCCNc1ncnc(NC(C)CC(C)C)c1CC. The van der Waals surface area contributed by atoms with E-state index < -0.39 is 0 Å². The maximum Gasteiger partial charge on any atom is 0.134 e. The maximum atomic E-state index is 4.40. The van der Waals surface area contributed by atoms with Crippen molar-refractivity contribution in [1.82, 2.24) is 9.97 Å². The monoisotopic (exact) mass is 264 g/mol. The Hall–Kier alpha value is -1.32. The third-order valence-corrected chi connectivity index (χ3v) is 3.05. The van der Waals surface area contributed by atoms with E-state index in [2.05, 4.69) is 55.2 Å². The fourth-order valence-electron chi connectivity index (χ4n) is 2.27. The first kappa shape index (κ1) is 15.7. The van der Waals surface area contributed by atoms with Gasteiger partial charge in [0.05, 0.1) is 0 Å². The van der Waals surface area contributed by atoms with Gasteiger partial charge in [-0.2, -0.15) is 0 Å². The van der Waals surface area contributed by atoms with Crippen LogP contribution in [0.25, 0.3) is 0 Å². The minimum Gasteiger partial charge on any atom is -0.370 e. The largest absolute Gasteiger partial charge is 0.370 e. The van der Waals surface area contributed by atoms with Crippen molar-refractivity contribution < 1.29 is 0 Å². The van der Waals surface area contributed by atoms with Crippen molar-refractivity contribution in [2.75, 3.05) is 17.2 Å². The fourth-order valence-corrected chi connectivity index (χ4v) is 2.27. The summed E-state index contributed by atoms with van der Waals surface area (Å²) in [4.78, 5) is 8.76. The second kappa shape index (κ2) is 7.97. The number of rotatable bonds is 8. The molecule has 1 heterocycles. The van der Waals surface area contributed by atoms with Gasteiger partial charge in [0.25, 0.3) is 0 Å². The van der Waals surface area contributed by atoms with Crippen LogP contribution >= 0.6 is 0 Å². The van der Waals surface area contributed by atoms with Gasteiger partial charge in [-0.15, -0.1) is 0 Å². The molecule has 0 amide bonds. The molecule has 0 radical (unpaired) electrons. The zero-order chi connectivity index (χ0) is 14.3. The lowest BCUT2D eigenvalue weighted by Gasteiger charge is -2.19. The molecule has 1 unspecified atom stereocenters. The van der Waals surface area contributed by atoms with Crippen molar-refractivity contribution in [3.8, 4) is 0 Å². The average molecular weight is 264 g/mol. The van der Waals surface area contributed by atoms with Gasteiger partial charge < -0.3 is 10.6 Å². The van der Waals surface area contributed by atoms with E-state index in [0.717, 1.165) is 37.4 Å². The molecule has 0 aliphatic carbocycles. The van der Waals surface area contributed by atoms with E-state index in [1.807, 2.05) is 0 Å². The Balaban J connectivity index is 2.81. The quantitative estimate of drug-likeness (QED) is 0.751. The Morgan fingerprint density at radius 2 is 1.79 bits per heavy atom. The molecule has 4 nitrogen and oxygen atoms in total. The van der Waals surface area contributed by atoms with Crippen LogP contribution in [0.2, 0.25) is 0 Å². The van der Waals surface area contributed by atoms with E-state index in [1.165, 1.54) is 5.56 Å². The van der Waals surface area contributed by atoms with Crippen LogP contribution in [0.3, 0.4) is 0 Å². The van der Waals surface area contributed by atoms with Gasteiger partial charge in [0.1, 0.15) is 18.0 Å². The van der Waals surface area contributed by atoms with Gasteiger partial charge in [0.2, 0.25) is 0 Å². The molecule has 0 saturated heterocycles. The van der Waals surface area contributed by atoms with Crippen molar-refractivity contribution >= 4 is 11.6 Å². The molecular weight excluding hydrogens is 236 g/mol. The summed E-state index contributed by atoms with van der Waals surface area (Å²) in [6, 6.07) is 0.430. The van der Waals surface area contributed by atoms with E-state index in [9.17, 15) is 0 Å². The van der Waals surface area contributed by atoms with E-state index in [-0.39, 0.29) is 0 Å². The highest BCUT2D eigenvalue weighted by Crippen LogP contribution is 2.22. The Labute approximate surface area is 117 Å². The van der Waals surface area contributed by atoms with Crippen LogP contribution in [0.15, 0.2) is 6.33 Å². The highest BCUT2D eigenvalue weighted by atomic mass is 15.1. The smallest absolute Gasteiger partial charge is 0.134 e. The van der Waals surface area contributed by atoms with Crippen LogP contribution in [0.1, 0.15) is 53.0 Å². The zero-order valence-electron chi connectivity index (χ0n) is 13.0. The van der Waals surface area contributed by atoms with Gasteiger partial charge in [0.15, 0.2) is 0 Å². The van der Waals surface area contributed by atoms with Crippen molar-refractivity contribution in [2.24, 2.45) is 5.92 Å². The molecule has 0 spiro atoms. The van der Waals surface area contributed by atoms with Crippen molar-refractivity contribution in [2.45, 2.75) is 59.9 Å². The molecule has 0 bridgehead atoms. The molecule has 1 atom stereocenters. The van der Waals surface area contributed by atoms with Crippen LogP contribution in [-0.4, -0.2) is 22.6 Å². The lowest BCUT2D eigenvalue weighted by atomic mass is 10.0. The standard InChI is InChI=1S/C15H28N4/c1-6-8-16-14-13(7-2)15(18-10-17-14)19-12(5)9-11(3)4/h10-12H,6-9H2,1-5H3,(H2,16,17,18,19). The summed E-state index contributed by atoms with van der Waals surface area (Å²) >= 11 is 0. The fraction of sp³-hybridized carbons (Fsp3) is 0.733. The number of nitrogens with zero attached hydrogens (tertiary/aromatic N) is 2. The topological polar surface area (TPSA) is 49.8 Å². The number of hydrogen-bond donors (Lipinski definition) is 2. The summed E-state index contributed by atoms with van der Waals surface area (Å²) in [6.45, 7) is 11.9. The molecule has 1 rings (SSSR count). The third kappa shape index (κ3) is 5.05. The summed E-state index contributed by atoms with van der Waals surface area (Å²) in [5.74, 6) is 2.63. The minimum atomic E-state index is 0.430. The molecule has 4 heteroatoms. The predicted octanol–water partition coefficient (Wildman–Crippen LogP) is 3.71. The first-order valence-corrected chi connectivity index (χ1v) is 7.42. The Kier molecular flexibility index (Phi) is 6.60. The maximum absolute atomic E-state index is 4.40. The van der Waals surface area contributed by atoms with Crippen LogP contribution in [0.4, 0.5) is 11.6 Å². The Morgan fingerprint density at radius 1 is 1.11 bits per heavy atom. The normalized spacial score (nSPS) is 12.5. The number of aromatic nitrogens is 2. The summed E-state index contributed by atoms with van der Waals surface area (Å²) in [7, 11) is 0. The lowest BCUT2D eigenvalue weighted by Crippen LogP contribution is -2.20. The van der Waals surface area contributed by atoms with Crippen LogP contribution in [0, 0.1) is 5.92 Å². The highest BCUT2D eigenvalue weighted by Gasteiger charge is 2.12. The van der Waals surface area contributed by atoms with Crippen molar-refractivity contribution in [1.29, 1.82) is 0 Å². The van der Waals surface area contributed by atoms with Gasteiger partial charge in [-0.1, -0.05) is 27.7 Å². The minimum absolute atomic E-state index is 0.430. The highest BCUT2D eigenvalue weighted by molar-refractivity contribution is 5.57. The van der Waals surface area contributed by atoms with E-state index >= 15 is 0 Å². The Bertz CT molecular complexity index is 376. The second-order valence-corrected chi connectivity index (χ2v) is 5.50. The van der Waals surface area contributed by atoms with Gasteiger partial charge in [0, 0.05) is 18.2 Å². The molecule has 1 aromatic rings. The predicted molar refractivity (Wildman–Crippen MR) is 82.7 cm³/mol. The van der Waals surface area contributed by atoms with Crippen molar-refractivity contribution in [3.05, 3.63) is 11.9 Å². The summed E-state index contributed by atoms with van der Waals surface area (Å²) in [6.07, 6.45) is 4.82. The molecule has 0 saturated carbocycles. The molecule has 1 aromatic heterocycles. The van der Waals surface area contributed by atoms with E-state index in [4.69, 9.17) is 0 Å². The number of anilines is 2. The van der Waals surface area contributed by atoms with E-state index in [1.54, 1.807) is 6.33 Å². The summed E-state index contributed by atoms with van der Waals surface area (Å²) in [5.41, 5.74) is 1.19. The molecular formula is C15H28N4. The molecule has 0 aromatic carbocycles. The number of hydrogen-bond acceptors (Lipinski definition) is 4. The molecule has 0 fully saturated rings. The molecule has 108 valence electrons. The molecule has 0 aliphatic rings. The first-order valence-electron chi connectivity index (χ1n) is 7.42. The van der Waals surface area contributed by atoms with Crippen molar-refractivity contribution in [3.63, 3.8) is 0 Å². The van der Waals surface area contributed by atoms with Gasteiger partial charge in [-0.05, 0) is 32.1 Å². The van der Waals surface area contributed by atoms with Gasteiger partial charge in [-0.3, -0.25) is 0 Å². The molecule has 2 N–H and O–H groups in total. The Morgan fingerprint density at radius 3 is 2.37 bits per heavy atom. The first-order chi connectivity index (χ1) is 9.08. The summed E-state index contributed by atoms with van der Waals surface area (Å²) in [5, 5.41) is 6.90. The lowest BCUT2D eigenvalue weighted by molar-refractivity contribution is 0.538. The average Bonchev–Trinajstić information content (AvgIpc) is 2.35. The third-order valence-electron chi connectivity index (χ3n) is 3.05. The van der Waals surface area contributed by atoms with Crippen LogP contribution < -0.4 is 10.6 Å². The summed E-state index contributed by atoms with van der Waals surface area (Å²) < 4.78 is 0. The zero-order valence-corrected chi connectivity index (χ0v) is 13.0. The molecule has 19 heavy (non-hydrogen) atoms. The van der Waals surface area contributed by atoms with E-state index in [0.29, 0.717) is 12.0 Å². The van der Waals surface area contributed by atoms with Crippen LogP contribution in [0.5, 0.6) is 0 Å². The van der Waals surface area contributed by atoms with Crippen LogP contribution in [-0.2, 0) is 6.42 Å².